The summed E-state index contributed by atoms with van der Waals surface area (Å²) in [6.07, 6.45) is 5.16. The number of hydrogen-bond acceptors (Lipinski definition) is 4. The van der Waals surface area contributed by atoms with E-state index in [9.17, 15) is 0 Å². The maximum Gasteiger partial charge on any atom is 0.0472 e. The molecule has 0 atom stereocenters. The Bertz CT molecular complexity index is 391. The second-order valence-electron chi connectivity index (χ2n) is 6.36. The lowest BCUT2D eigenvalue weighted by Gasteiger charge is -2.41. The first kappa shape index (κ1) is 14.5. The van der Waals surface area contributed by atoms with Crippen LogP contribution in [0, 0.1) is 5.41 Å². The molecule has 1 aromatic rings. The van der Waals surface area contributed by atoms with Gasteiger partial charge >= 0.3 is 0 Å². The molecule has 1 aliphatic carbocycles. The smallest absolute Gasteiger partial charge is 0.0472 e. The van der Waals surface area contributed by atoms with E-state index in [0.29, 0.717) is 5.41 Å². The number of rotatable bonds is 7. The predicted octanol–water partition coefficient (Wildman–Crippen LogP) is 2.73. The van der Waals surface area contributed by atoms with Crippen LogP contribution in [-0.4, -0.2) is 44.3 Å². The summed E-state index contributed by atoms with van der Waals surface area (Å²) < 4.78 is 5.59. The number of ether oxygens (including phenoxy) is 1. The van der Waals surface area contributed by atoms with Gasteiger partial charge in [-0.15, -0.1) is 11.3 Å². The maximum absolute atomic E-state index is 5.59. The Balaban J connectivity index is 1.67. The van der Waals surface area contributed by atoms with Gasteiger partial charge in [0.25, 0.3) is 0 Å². The number of nitrogens with one attached hydrogen (secondary N) is 1. The summed E-state index contributed by atoms with van der Waals surface area (Å²) in [4.78, 5) is 4.23. The van der Waals surface area contributed by atoms with Crippen LogP contribution in [0.5, 0.6) is 0 Å². The van der Waals surface area contributed by atoms with Crippen LogP contribution >= 0.6 is 11.3 Å². The summed E-state index contributed by atoms with van der Waals surface area (Å²) in [5.74, 6) is 0. The van der Waals surface area contributed by atoms with Crippen molar-refractivity contribution in [2.45, 2.75) is 38.3 Å². The highest BCUT2D eigenvalue weighted by molar-refractivity contribution is 7.09. The van der Waals surface area contributed by atoms with Crippen molar-refractivity contribution in [1.82, 2.24) is 10.2 Å². The maximum atomic E-state index is 5.59. The molecule has 20 heavy (non-hydrogen) atoms. The average Bonchev–Trinajstić information content (AvgIpc) is 3.18. The van der Waals surface area contributed by atoms with E-state index in [0.717, 1.165) is 32.3 Å². The fraction of sp³-hybridized carbons (Fsp3) is 0.750. The molecule has 1 N–H and O–H groups in total. The molecule has 0 bridgehead atoms. The van der Waals surface area contributed by atoms with Gasteiger partial charge in [0.15, 0.2) is 0 Å². The summed E-state index contributed by atoms with van der Waals surface area (Å²) in [6, 6.07) is 5.27. The van der Waals surface area contributed by atoms with Crippen LogP contribution in [0.2, 0.25) is 0 Å². The SMILES string of the molecule is CNCC1(CN(Cc2cccs2)C2CC2)CCOCC1. The van der Waals surface area contributed by atoms with Gasteiger partial charge in [-0.25, -0.2) is 0 Å². The first-order valence-corrected chi connectivity index (χ1v) is 8.68. The average molecular weight is 294 g/mol. The van der Waals surface area contributed by atoms with Crippen molar-refractivity contribution < 1.29 is 4.74 Å². The van der Waals surface area contributed by atoms with Crippen LogP contribution in [0.3, 0.4) is 0 Å². The van der Waals surface area contributed by atoms with E-state index in [1.54, 1.807) is 0 Å². The van der Waals surface area contributed by atoms with Crippen molar-refractivity contribution in [2.75, 3.05) is 33.4 Å². The lowest BCUT2D eigenvalue weighted by Crippen LogP contribution is -2.47. The second kappa shape index (κ2) is 6.56. The molecule has 2 heterocycles. The second-order valence-corrected chi connectivity index (χ2v) is 7.39. The highest BCUT2D eigenvalue weighted by atomic mass is 32.1. The summed E-state index contributed by atoms with van der Waals surface area (Å²) >= 11 is 1.89. The van der Waals surface area contributed by atoms with Gasteiger partial charge in [0.2, 0.25) is 0 Å². The van der Waals surface area contributed by atoms with E-state index < -0.39 is 0 Å². The van der Waals surface area contributed by atoms with E-state index in [2.05, 4.69) is 34.8 Å². The Morgan fingerprint density at radius 3 is 2.80 bits per heavy atom. The summed E-state index contributed by atoms with van der Waals surface area (Å²) in [5.41, 5.74) is 0.410. The molecule has 0 radical (unpaired) electrons. The number of nitrogens with zero attached hydrogens (tertiary/aromatic N) is 1. The molecule has 1 aliphatic heterocycles. The molecule has 0 amide bonds. The zero-order valence-electron chi connectivity index (χ0n) is 12.4. The third-order valence-corrected chi connectivity index (χ3v) is 5.51. The number of hydrogen-bond donors (Lipinski definition) is 1. The normalized spacial score (nSPS) is 22.3. The first-order valence-electron chi connectivity index (χ1n) is 7.80. The van der Waals surface area contributed by atoms with Gasteiger partial charge in [0.05, 0.1) is 0 Å². The van der Waals surface area contributed by atoms with Crippen molar-refractivity contribution in [3.05, 3.63) is 22.4 Å². The minimum absolute atomic E-state index is 0.410. The van der Waals surface area contributed by atoms with E-state index in [-0.39, 0.29) is 0 Å². The molecule has 1 saturated heterocycles. The van der Waals surface area contributed by atoms with Crippen molar-refractivity contribution in [3.8, 4) is 0 Å². The predicted molar refractivity (Wildman–Crippen MR) is 84.2 cm³/mol. The Labute approximate surface area is 126 Å². The Kier molecular flexibility index (Phi) is 4.76. The zero-order valence-corrected chi connectivity index (χ0v) is 13.3. The fourth-order valence-corrected chi connectivity index (χ4v) is 4.09. The number of thiophene rings is 1. The van der Waals surface area contributed by atoms with Crippen molar-refractivity contribution >= 4 is 11.3 Å². The monoisotopic (exact) mass is 294 g/mol. The molecule has 2 fully saturated rings. The molecule has 0 unspecified atom stereocenters. The first-order chi connectivity index (χ1) is 9.81. The van der Waals surface area contributed by atoms with Crippen molar-refractivity contribution in [3.63, 3.8) is 0 Å². The van der Waals surface area contributed by atoms with Gasteiger partial charge in [-0.2, -0.15) is 0 Å². The third kappa shape index (κ3) is 3.61. The van der Waals surface area contributed by atoms with Crippen LogP contribution in [0.1, 0.15) is 30.6 Å². The third-order valence-electron chi connectivity index (χ3n) is 4.65. The van der Waals surface area contributed by atoms with Gasteiger partial charge in [0, 0.05) is 43.8 Å². The lowest BCUT2D eigenvalue weighted by molar-refractivity contribution is -0.00629. The topological polar surface area (TPSA) is 24.5 Å². The summed E-state index contributed by atoms with van der Waals surface area (Å²) in [6.45, 7) is 5.33. The van der Waals surface area contributed by atoms with Gasteiger partial charge < -0.3 is 10.1 Å². The summed E-state index contributed by atoms with van der Waals surface area (Å²) in [7, 11) is 2.08. The Morgan fingerprint density at radius 2 is 2.20 bits per heavy atom. The van der Waals surface area contributed by atoms with Crippen LogP contribution < -0.4 is 5.32 Å². The Hall–Kier alpha value is -0.420. The van der Waals surface area contributed by atoms with E-state index in [4.69, 9.17) is 4.74 Å². The van der Waals surface area contributed by atoms with Crippen LogP contribution in [0.4, 0.5) is 0 Å². The van der Waals surface area contributed by atoms with Crippen LogP contribution in [0.15, 0.2) is 17.5 Å². The van der Waals surface area contributed by atoms with Gasteiger partial charge in [-0.3, -0.25) is 4.90 Å². The minimum atomic E-state index is 0.410. The zero-order chi connectivity index (χ0) is 13.8. The molecular formula is C16H26N2OS. The van der Waals surface area contributed by atoms with E-state index in [1.807, 2.05) is 11.3 Å². The van der Waals surface area contributed by atoms with Gasteiger partial charge in [0.1, 0.15) is 0 Å². The quantitative estimate of drug-likeness (QED) is 0.837. The highest BCUT2D eigenvalue weighted by Gasteiger charge is 2.38. The van der Waals surface area contributed by atoms with Gasteiger partial charge in [-0.1, -0.05) is 6.07 Å². The molecule has 1 aromatic heterocycles. The molecule has 2 aliphatic rings. The molecule has 3 rings (SSSR count). The fourth-order valence-electron chi connectivity index (χ4n) is 3.36. The molecule has 112 valence electrons. The minimum Gasteiger partial charge on any atom is -0.381 e. The molecule has 3 nitrogen and oxygen atoms in total. The molecule has 0 spiro atoms. The standard InChI is InChI=1S/C16H26N2OS/c1-17-12-16(6-8-19-9-7-16)13-18(14-4-5-14)11-15-3-2-10-20-15/h2-3,10,14,17H,4-9,11-13H2,1H3. The Morgan fingerprint density at radius 1 is 1.40 bits per heavy atom. The van der Waals surface area contributed by atoms with E-state index in [1.165, 1.54) is 37.1 Å². The van der Waals surface area contributed by atoms with Crippen LogP contribution in [0.25, 0.3) is 0 Å². The van der Waals surface area contributed by atoms with Crippen molar-refractivity contribution in [1.29, 1.82) is 0 Å². The highest BCUT2D eigenvalue weighted by Crippen LogP contribution is 2.36. The van der Waals surface area contributed by atoms with Crippen molar-refractivity contribution in [2.24, 2.45) is 5.41 Å². The molecule has 0 aromatic carbocycles. The lowest BCUT2D eigenvalue weighted by atomic mass is 9.79. The molecular weight excluding hydrogens is 268 g/mol. The molecule has 4 heteroatoms. The van der Waals surface area contributed by atoms with Gasteiger partial charge in [-0.05, 0) is 49.6 Å². The van der Waals surface area contributed by atoms with E-state index >= 15 is 0 Å². The summed E-state index contributed by atoms with van der Waals surface area (Å²) in [5, 5.41) is 5.61. The largest absolute Gasteiger partial charge is 0.381 e. The van der Waals surface area contributed by atoms with Crippen LogP contribution in [-0.2, 0) is 11.3 Å². The molecule has 1 saturated carbocycles.